The van der Waals surface area contributed by atoms with Crippen LogP contribution in [0.25, 0.3) is 0 Å². The first kappa shape index (κ1) is 12.0. The zero-order chi connectivity index (χ0) is 12.5. The third-order valence-corrected chi connectivity index (χ3v) is 2.98. The average Bonchev–Trinajstić information content (AvgIpc) is 2.29. The lowest BCUT2D eigenvalue weighted by atomic mass is 9.97. The number of rotatable bonds is 1. The van der Waals surface area contributed by atoms with Gasteiger partial charge in [0.05, 0.1) is 17.8 Å². The van der Waals surface area contributed by atoms with Crippen molar-refractivity contribution < 1.29 is 13.2 Å². The standard InChI is InChI=1S/C11H14F3N3/c12-11(13,14)8-2-1-5-17(7-8)10-4-3-9(15)6-16-10/h3-4,6,8H,1-2,5,7,15H2. The van der Waals surface area contributed by atoms with E-state index in [9.17, 15) is 13.2 Å². The van der Waals surface area contributed by atoms with Gasteiger partial charge in [-0.1, -0.05) is 0 Å². The van der Waals surface area contributed by atoms with Crippen LogP contribution in [-0.4, -0.2) is 24.2 Å². The fourth-order valence-corrected chi connectivity index (χ4v) is 2.04. The monoisotopic (exact) mass is 245 g/mol. The molecule has 1 aromatic rings. The Balaban J connectivity index is 2.09. The number of pyridine rings is 1. The molecule has 0 bridgehead atoms. The van der Waals surface area contributed by atoms with Gasteiger partial charge in [0.25, 0.3) is 0 Å². The van der Waals surface area contributed by atoms with Gasteiger partial charge in [0.15, 0.2) is 0 Å². The Hall–Kier alpha value is -1.46. The number of hydrogen-bond acceptors (Lipinski definition) is 3. The van der Waals surface area contributed by atoms with Crippen LogP contribution in [0.15, 0.2) is 18.3 Å². The number of alkyl halides is 3. The van der Waals surface area contributed by atoms with Crippen LogP contribution in [0.2, 0.25) is 0 Å². The SMILES string of the molecule is Nc1ccc(N2CCCC(C(F)(F)F)C2)nc1. The Labute approximate surface area is 97.4 Å². The number of piperidine rings is 1. The largest absolute Gasteiger partial charge is 0.397 e. The van der Waals surface area contributed by atoms with Gasteiger partial charge in [-0.15, -0.1) is 0 Å². The predicted molar refractivity (Wildman–Crippen MR) is 59.6 cm³/mol. The minimum Gasteiger partial charge on any atom is -0.397 e. The molecule has 0 amide bonds. The van der Waals surface area contributed by atoms with E-state index in [1.165, 1.54) is 6.20 Å². The molecule has 1 saturated heterocycles. The van der Waals surface area contributed by atoms with Gasteiger partial charge >= 0.3 is 6.18 Å². The van der Waals surface area contributed by atoms with E-state index in [0.717, 1.165) is 0 Å². The van der Waals surface area contributed by atoms with Crippen molar-refractivity contribution in [2.75, 3.05) is 23.7 Å². The molecule has 0 saturated carbocycles. The van der Waals surface area contributed by atoms with Crippen LogP contribution in [0.3, 0.4) is 0 Å². The maximum absolute atomic E-state index is 12.6. The topological polar surface area (TPSA) is 42.1 Å². The molecule has 6 heteroatoms. The summed E-state index contributed by atoms with van der Waals surface area (Å²) in [5.74, 6) is -0.691. The first-order chi connectivity index (χ1) is 7.97. The molecule has 1 aromatic heterocycles. The van der Waals surface area contributed by atoms with E-state index in [2.05, 4.69) is 4.98 Å². The molecule has 0 radical (unpaired) electrons. The van der Waals surface area contributed by atoms with Crippen LogP contribution < -0.4 is 10.6 Å². The van der Waals surface area contributed by atoms with Crippen molar-refractivity contribution >= 4 is 11.5 Å². The number of halogens is 3. The predicted octanol–water partition coefficient (Wildman–Crippen LogP) is 2.44. The summed E-state index contributed by atoms with van der Waals surface area (Å²) < 4.78 is 37.9. The second-order valence-electron chi connectivity index (χ2n) is 4.28. The summed E-state index contributed by atoms with van der Waals surface area (Å²) in [6.07, 6.45) is -1.91. The van der Waals surface area contributed by atoms with Crippen LogP contribution >= 0.6 is 0 Å². The molecule has 0 aliphatic carbocycles. The summed E-state index contributed by atoms with van der Waals surface area (Å²) >= 11 is 0. The van der Waals surface area contributed by atoms with Crippen LogP contribution in [-0.2, 0) is 0 Å². The van der Waals surface area contributed by atoms with Gasteiger partial charge in [-0.3, -0.25) is 0 Å². The van der Waals surface area contributed by atoms with E-state index >= 15 is 0 Å². The van der Waals surface area contributed by atoms with Gasteiger partial charge in [-0.05, 0) is 25.0 Å². The van der Waals surface area contributed by atoms with Crippen LogP contribution in [0, 0.1) is 5.92 Å². The summed E-state index contributed by atoms with van der Waals surface area (Å²) in [7, 11) is 0. The third kappa shape index (κ3) is 2.81. The Morgan fingerprint density at radius 2 is 2.12 bits per heavy atom. The molecule has 1 aliphatic rings. The second kappa shape index (κ2) is 4.43. The van der Waals surface area contributed by atoms with E-state index < -0.39 is 12.1 Å². The van der Waals surface area contributed by atoms with Crippen molar-refractivity contribution in [1.82, 2.24) is 4.98 Å². The van der Waals surface area contributed by atoms with Crippen molar-refractivity contribution in [1.29, 1.82) is 0 Å². The Morgan fingerprint density at radius 1 is 1.35 bits per heavy atom. The molecule has 94 valence electrons. The second-order valence-corrected chi connectivity index (χ2v) is 4.28. The lowest BCUT2D eigenvalue weighted by Crippen LogP contribution is -2.42. The van der Waals surface area contributed by atoms with Gasteiger partial charge < -0.3 is 10.6 Å². The number of hydrogen-bond donors (Lipinski definition) is 1. The molecule has 2 heterocycles. The maximum atomic E-state index is 12.6. The highest BCUT2D eigenvalue weighted by molar-refractivity contribution is 5.46. The number of nitrogen functional groups attached to an aromatic ring is 1. The average molecular weight is 245 g/mol. The third-order valence-electron chi connectivity index (χ3n) is 2.98. The summed E-state index contributed by atoms with van der Waals surface area (Å²) in [4.78, 5) is 5.72. The van der Waals surface area contributed by atoms with E-state index in [-0.39, 0.29) is 13.0 Å². The molecule has 1 fully saturated rings. The number of nitrogens with zero attached hydrogens (tertiary/aromatic N) is 2. The van der Waals surface area contributed by atoms with E-state index in [1.807, 2.05) is 0 Å². The minimum absolute atomic E-state index is 0.0135. The van der Waals surface area contributed by atoms with E-state index in [4.69, 9.17) is 5.73 Å². The van der Waals surface area contributed by atoms with Gasteiger partial charge in [0, 0.05) is 13.1 Å². The summed E-state index contributed by atoms with van der Waals surface area (Å²) in [5.41, 5.74) is 6.00. The van der Waals surface area contributed by atoms with Crippen molar-refractivity contribution in [3.8, 4) is 0 Å². The highest BCUT2D eigenvalue weighted by Gasteiger charge is 2.41. The molecular formula is C11H14F3N3. The van der Waals surface area contributed by atoms with E-state index in [1.54, 1.807) is 17.0 Å². The quantitative estimate of drug-likeness (QED) is 0.826. The highest BCUT2D eigenvalue weighted by Crippen LogP contribution is 2.34. The van der Waals surface area contributed by atoms with Crippen LogP contribution in [0.5, 0.6) is 0 Å². The van der Waals surface area contributed by atoms with Gasteiger partial charge in [-0.25, -0.2) is 4.98 Å². The smallest absolute Gasteiger partial charge is 0.393 e. The molecule has 1 aliphatic heterocycles. The molecular weight excluding hydrogens is 231 g/mol. The molecule has 0 spiro atoms. The molecule has 2 rings (SSSR count). The van der Waals surface area contributed by atoms with Crippen molar-refractivity contribution in [3.05, 3.63) is 18.3 Å². The zero-order valence-electron chi connectivity index (χ0n) is 9.24. The summed E-state index contributed by atoms with van der Waals surface area (Å²) in [5, 5.41) is 0. The Morgan fingerprint density at radius 3 is 2.71 bits per heavy atom. The lowest BCUT2D eigenvalue weighted by Gasteiger charge is -2.34. The molecule has 17 heavy (non-hydrogen) atoms. The first-order valence-electron chi connectivity index (χ1n) is 5.50. The molecule has 0 aromatic carbocycles. The van der Waals surface area contributed by atoms with Gasteiger partial charge in [0.2, 0.25) is 0 Å². The fourth-order valence-electron chi connectivity index (χ4n) is 2.04. The Kier molecular flexibility index (Phi) is 3.13. The van der Waals surface area contributed by atoms with Gasteiger partial charge in [-0.2, -0.15) is 13.2 Å². The van der Waals surface area contributed by atoms with Crippen molar-refractivity contribution in [2.24, 2.45) is 5.92 Å². The van der Waals surface area contributed by atoms with Crippen LogP contribution in [0.1, 0.15) is 12.8 Å². The lowest BCUT2D eigenvalue weighted by molar-refractivity contribution is -0.176. The van der Waals surface area contributed by atoms with Crippen molar-refractivity contribution in [3.63, 3.8) is 0 Å². The molecule has 1 atom stereocenters. The minimum atomic E-state index is -4.12. The molecule has 1 unspecified atom stereocenters. The number of anilines is 2. The molecule has 3 nitrogen and oxygen atoms in total. The van der Waals surface area contributed by atoms with Crippen molar-refractivity contribution in [2.45, 2.75) is 19.0 Å². The number of nitrogens with two attached hydrogens (primary N) is 1. The fraction of sp³-hybridized carbons (Fsp3) is 0.545. The van der Waals surface area contributed by atoms with E-state index in [0.29, 0.717) is 24.5 Å². The summed E-state index contributed by atoms with van der Waals surface area (Å²) in [6.45, 7) is 0.601. The normalized spacial score (nSPS) is 21.6. The zero-order valence-corrected chi connectivity index (χ0v) is 9.24. The Bertz CT molecular complexity index is 375. The maximum Gasteiger partial charge on any atom is 0.393 e. The first-order valence-corrected chi connectivity index (χ1v) is 5.50. The van der Waals surface area contributed by atoms with Crippen LogP contribution in [0.4, 0.5) is 24.7 Å². The van der Waals surface area contributed by atoms with Gasteiger partial charge in [0.1, 0.15) is 5.82 Å². The summed E-state index contributed by atoms with van der Waals surface area (Å²) in [6, 6.07) is 3.31. The molecule has 2 N–H and O–H groups in total. The highest BCUT2D eigenvalue weighted by atomic mass is 19.4. The number of aromatic nitrogens is 1.